The Hall–Kier alpha value is -1.06. The fourth-order valence-electron chi connectivity index (χ4n) is 1.43. The summed E-state index contributed by atoms with van der Waals surface area (Å²) in [7, 11) is 0. The van der Waals surface area contributed by atoms with Crippen molar-refractivity contribution in [2.24, 2.45) is 0 Å². The van der Waals surface area contributed by atoms with Crippen molar-refractivity contribution in [2.75, 3.05) is 13.1 Å². The average Bonchev–Trinajstić information content (AvgIpc) is 2.19. The van der Waals surface area contributed by atoms with Crippen LogP contribution >= 0.6 is 11.6 Å². The summed E-state index contributed by atoms with van der Waals surface area (Å²) in [5, 5.41) is 11.2. The van der Waals surface area contributed by atoms with E-state index in [1.807, 2.05) is 31.2 Å². The maximum absolute atomic E-state index is 10.5. The van der Waals surface area contributed by atoms with Crippen molar-refractivity contribution < 1.29 is 14.8 Å². The molecule has 1 N–H and O–H groups in total. The van der Waals surface area contributed by atoms with Crippen LogP contribution in [0.2, 0.25) is 5.02 Å². The van der Waals surface area contributed by atoms with E-state index in [4.69, 9.17) is 11.6 Å². The van der Waals surface area contributed by atoms with Crippen molar-refractivity contribution in [1.82, 2.24) is 0 Å². The fourth-order valence-corrected chi connectivity index (χ4v) is 1.63. The Balaban J connectivity index is 2.66. The summed E-state index contributed by atoms with van der Waals surface area (Å²) in [6, 6.07) is 7.47. The lowest BCUT2D eigenvalue weighted by Gasteiger charge is -2.18. The number of aliphatic carboxylic acids is 1. The van der Waals surface area contributed by atoms with Crippen LogP contribution in [0.5, 0.6) is 0 Å². The van der Waals surface area contributed by atoms with Crippen molar-refractivity contribution in [3.63, 3.8) is 0 Å². The highest BCUT2D eigenvalue weighted by Gasteiger charge is 2.09. The topological polar surface area (TPSA) is 44.6 Å². The summed E-state index contributed by atoms with van der Waals surface area (Å²) < 4.78 is 0. The monoisotopic (exact) mass is 227 g/mol. The molecular formula is C11H14ClNO2. The minimum atomic E-state index is -1.03. The molecule has 0 radical (unpaired) electrons. The molecule has 1 atom stereocenters. The number of quaternary nitrogens is 1. The summed E-state index contributed by atoms with van der Waals surface area (Å²) >= 11 is 5.99. The number of carbonyl (C=O) groups is 1. The first kappa shape index (κ1) is 12.0. The third-order valence-corrected chi connectivity index (χ3v) is 2.66. The SMILES string of the molecule is CC[NH+](CC(=O)[O-])Cc1ccccc1Cl. The van der Waals surface area contributed by atoms with Gasteiger partial charge in [-0.25, -0.2) is 0 Å². The summed E-state index contributed by atoms with van der Waals surface area (Å²) in [6.45, 7) is 3.31. The van der Waals surface area contributed by atoms with Gasteiger partial charge in [-0.2, -0.15) is 0 Å². The second-order valence-corrected chi connectivity index (χ2v) is 3.83. The Morgan fingerprint density at radius 3 is 2.67 bits per heavy atom. The molecule has 82 valence electrons. The van der Waals surface area contributed by atoms with E-state index in [2.05, 4.69) is 0 Å². The molecular weight excluding hydrogens is 214 g/mol. The van der Waals surface area contributed by atoms with Gasteiger partial charge >= 0.3 is 0 Å². The first-order valence-electron chi connectivity index (χ1n) is 4.90. The van der Waals surface area contributed by atoms with Gasteiger partial charge in [-0.3, -0.25) is 0 Å². The van der Waals surface area contributed by atoms with Gasteiger partial charge in [0.05, 0.1) is 12.5 Å². The van der Waals surface area contributed by atoms with E-state index in [0.29, 0.717) is 11.6 Å². The first-order chi connectivity index (χ1) is 7.13. The number of hydrogen-bond donors (Lipinski definition) is 1. The Morgan fingerprint density at radius 2 is 2.13 bits per heavy atom. The number of benzene rings is 1. The molecule has 0 heterocycles. The second-order valence-electron chi connectivity index (χ2n) is 3.42. The third-order valence-electron chi connectivity index (χ3n) is 2.29. The van der Waals surface area contributed by atoms with Crippen LogP contribution in [0.3, 0.4) is 0 Å². The maximum Gasteiger partial charge on any atom is 0.118 e. The zero-order valence-electron chi connectivity index (χ0n) is 8.63. The molecule has 0 aliphatic carbocycles. The van der Waals surface area contributed by atoms with Crippen molar-refractivity contribution >= 4 is 17.6 Å². The van der Waals surface area contributed by atoms with E-state index in [1.54, 1.807) is 0 Å². The predicted molar refractivity (Wildman–Crippen MR) is 56.5 cm³/mol. The molecule has 0 bridgehead atoms. The molecule has 0 saturated heterocycles. The van der Waals surface area contributed by atoms with E-state index in [1.165, 1.54) is 0 Å². The van der Waals surface area contributed by atoms with Gasteiger partial charge in [0.15, 0.2) is 0 Å². The van der Waals surface area contributed by atoms with Crippen LogP contribution in [0.4, 0.5) is 0 Å². The van der Waals surface area contributed by atoms with Crippen LogP contribution in [0.25, 0.3) is 0 Å². The Morgan fingerprint density at radius 1 is 1.47 bits per heavy atom. The van der Waals surface area contributed by atoms with E-state index < -0.39 is 5.97 Å². The maximum atomic E-state index is 10.5. The van der Waals surface area contributed by atoms with Gasteiger partial charge in [-0.1, -0.05) is 29.8 Å². The lowest BCUT2D eigenvalue weighted by molar-refractivity contribution is -0.906. The summed E-state index contributed by atoms with van der Waals surface area (Å²) in [6.07, 6.45) is 0. The minimum Gasteiger partial charge on any atom is -0.544 e. The van der Waals surface area contributed by atoms with Crippen LogP contribution < -0.4 is 10.0 Å². The zero-order valence-corrected chi connectivity index (χ0v) is 9.38. The molecule has 1 unspecified atom stereocenters. The molecule has 0 aromatic heterocycles. The highest BCUT2D eigenvalue weighted by Crippen LogP contribution is 2.13. The molecule has 3 nitrogen and oxygen atoms in total. The molecule has 15 heavy (non-hydrogen) atoms. The highest BCUT2D eigenvalue weighted by atomic mass is 35.5. The van der Waals surface area contributed by atoms with Crippen LogP contribution in [-0.2, 0) is 11.3 Å². The van der Waals surface area contributed by atoms with Gasteiger partial charge in [-0.15, -0.1) is 0 Å². The van der Waals surface area contributed by atoms with Gasteiger partial charge in [0.25, 0.3) is 0 Å². The number of likely N-dealkylation sites (N-methyl/N-ethyl adjacent to an activating group) is 1. The van der Waals surface area contributed by atoms with E-state index in [-0.39, 0.29) is 6.54 Å². The molecule has 0 amide bonds. The van der Waals surface area contributed by atoms with Crippen LogP contribution in [0.1, 0.15) is 12.5 Å². The summed E-state index contributed by atoms with van der Waals surface area (Å²) in [5.41, 5.74) is 0.970. The van der Waals surface area contributed by atoms with Gasteiger partial charge in [0.2, 0.25) is 0 Å². The summed E-state index contributed by atoms with van der Waals surface area (Å²) in [5.74, 6) is -1.03. The average molecular weight is 228 g/mol. The van der Waals surface area contributed by atoms with E-state index >= 15 is 0 Å². The molecule has 0 aliphatic heterocycles. The number of carboxylic acid groups (broad SMARTS) is 1. The molecule has 1 aromatic rings. The number of hydrogen-bond acceptors (Lipinski definition) is 2. The third kappa shape index (κ3) is 3.90. The Labute approximate surface area is 94.3 Å². The largest absolute Gasteiger partial charge is 0.544 e. The Bertz CT molecular complexity index is 341. The van der Waals surface area contributed by atoms with Crippen molar-refractivity contribution in [2.45, 2.75) is 13.5 Å². The number of carboxylic acids is 1. The van der Waals surface area contributed by atoms with E-state index in [9.17, 15) is 9.90 Å². The van der Waals surface area contributed by atoms with Crippen molar-refractivity contribution in [3.05, 3.63) is 34.9 Å². The molecule has 0 fully saturated rings. The number of nitrogens with one attached hydrogen (secondary N) is 1. The van der Waals surface area contributed by atoms with Gasteiger partial charge in [0.1, 0.15) is 13.1 Å². The number of carbonyl (C=O) groups excluding carboxylic acids is 1. The smallest absolute Gasteiger partial charge is 0.118 e. The predicted octanol–water partition coefficient (Wildman–Crippen LogP) is -0.505. The zero-order chi connectivity index (χ0) is 11.3. The molecule has 0 saturated carbocycles. The fraction of sp³-hybridized carbons (Fsp3) is 0.364. The first-order valence-corrected chi connectivity index (χ1v) is 5.28. The highest BCUT2D eigenvalue weighted by molar-refractivity contribution is 6.31. The lowest BCUT2D eigenvalue weighted by Crippen LogP contribution is -3.11. The van der Waals surface area contributed by atoms with Crippen molar-refractivity contribution in [1.29, 1.82) is 0 Å². The molecule has 0 spiro atoms. The molecule has 4 heteroatoms. The molecule has 1 rings (SSSR count). The van der Waals surface area contributed by atoms with E-state index in [0.717, 1.165) is 17.0 Å². The Kier molecular flexibility index (Phi) is 4.59. The van der Waals surface area contributed by atoms with Gasteiger partial charge in [0, 0.05) is 10.6 Å². The van der Waals surface area contributed by atoms with Crippen LogP contribution in [-0.4, -0.2) is 19.1 Å². The molecule has 1 aromatic carbocycles. The number of rotatable bonds is 5. The summed E-state index contributed by atoms with van der Waals surface area (Å²) in [4.78, 5) is 11.4. The van der Waals surface area contributed by atoms with Crippen molar-refractivity contribution in [3.8, 4) is 0 Å². The lowest BCUT2D eigenvalue weighted by atomic mass is 10.2. The number of halogens is 1. The normalized spacial score (nSPS) is 12.4. The van der Waals surface area contributed by atoms with Crippen LogP contribution in [0.15, 0.2) is 24.3 Å². The minimum absolute atomic E-state index is 0.0156. The molecule has 0 aliphatic rings. The quantitative estimate of drug-likeness (QED) is 0.737. The standard InChI is InChI=1S/C11H14ClNO2/c1-2-13(8-11(14)15)7-9-5-3-4-6-10(9)12/h3-6H,2,7-8H2,1H3,(H,14,15). The second kappa shape index (κ2) is 5.73. The van der Waals surface area contributed by atoms with Gasteiger partial charge in [-0.05, 0) is 13.0 Å². The van der Waals surface area contributed by atoms with Crippen LogP contribution in [0, 0.1) is 0 Å². The van der Waals surface area contributed by atoms with Gasteiger partial charge < -0.3 is 14.8 Å².